The maximum Gasteiger partial charge on any atom is 0.310 e. The zero-order valence-electron chi connectivity index (χ0n) is 13.6. The Morgan fingerprint density at radius 1 is 1.35 bits per heavy atom. The first-order chi connectivity index (χ1) is 11.3. The number of para-hydroxylation sites is 1. The fourth-order valence-corrected chi connectivity index (χ4v) is 6.29. The molecule has 1 aromatic rings. The summed E-state index contributed by atoms with van der Waals surface area (Å²) >= 11 is 0. The van der Waals surface area contributed by atoms with Crippen LogP contribution >= 0.6 is 0 Å². The van der Waals surface area contributed by atoms with Gasteiger partial charge < -0.3 is 10.1 Å². The Hall–Kier alpha value is -1.55. The van der Waals surface area contributed by atoms with E-state index >= 15 is 0 Å². The number of nitrogens with one attached hydrogen (secondary N) is 1. The van der Waals surface area contributed by atoms with Gasteiger partial charge in [-0.2, -0.15) is 0 Å². The Balaban J connectivity index is 1.68. The van der Waals surface area contributed by atoms with E-state index in [1.807, 2.05) is 0 Å². The molecule has 2 saturated heterocycles. The van der Waals surface area contributed by atoms with E-state index in [4.69, 9.17) is 4.74 Å². The molecule has 122 valence electrons. The summed E-state index contributed by atoms with van der Waals surface area (Å²) in [5.74, 6) is 0.573. The van der Waals surface area contributed by atoms with Crippen molar-refractivity contribution in [2.24, 2.45) is 11.8 Å². The molecule has 0 radical (unpaired) electrons. The maximum atomic E-state index is 12.5. The molecule has 0 unspecified atom stereocenters. The number of rotatable bonds is 1. The summed E-state index contributed by atoms with van der Waals surface area (Å²) in [6, 6.07) is 9.50. The largest absolute Gasteiger partial charge is 0.469 e. The van der Waals surface area contributed by atoms with Gasteiger partial charge in [-0.25, -0.2) is 0 Å². The lowest BCUT2D eigenvalue weighted by Crippen LogP contribution is -2.62. The van der Waals surface area contributed by atoms with Gasteiger partial charge in [0.2, 0.25) is 0 Å². The molecule has 1 aromatic carbocycles. The third-order valence-electron chi connectivity index (χ3n) is 6.96. The molecule has 1 N–H and O–H groups in total. The zero-order chi connectivity index (χ0) is 15.6. The van der Waals surface area contributed by atoms with Crippen molar-refractivity contribution in [2.75, 3.05) is 25.5 Å². The molecule has 1 spiro atoms. The van der Waals surface area contributed by atoms with Crippen molar-refractivity contribution in [3.63, 3.8) is 0 Å². The summed E-state index contributed by atoms with van der Waals surface area (Å²) in [5.41, 5.74) is 2.77. The summed E-state index contributed by atoms with van der Waals surface area (Å²) in [5, 5.41) is 3.73. The highest BCUT2D eigenvalue weighted by Crippen LogP contribution is 2.60. The molecule has 5 atom stereocenters. The van der Waals surface area contributed by atoms with Gasteiger partial charge in [-0.1, -0.05) is 18.2 Å². The van der Waals surface area contributed by atoms with Crippen LogP contribution < -0.4 is 5.32 Å². The van der Waals surface area contributed by atoms with Gasteiger partial charge in [0.05, 0.1) is 19.1 Å². The number of benzene rings is 1. The third kappa shape index (κ3) is 1.63. The maximum absolute atomic E-state index is 12.5. The van der Waals surface area contributed by atoms with E-state index in [0.717, 1.165) is 12.8 Å². The first-order valence-corrected chi connectivity index (χ1v) is 8.93. The van der Waals surface area contributed by atoms with Crippen molar-refractivity contribution in [1.82, 2.24) is 4.90 Å². The Labute approximate surface area is 137 Å². The van der Waals surface area contributed by atoms with Crippen LogP contribution in [0.3, 0.4) is 0 Å². The number of carbonyl (C=O) groups excluding carboxylic acids is 1. The number of esters is 1. The van der Waals surface area contributed by atoms with E-state index in [2.05, 4.69) is 34.5 Å². The Morgan fingerprint density at radius 3 is 3.09 bits per heavy atom. The predicted molar refractivity (Wildman–Crippen MR) is 88.4 cm³/mol. The lowest BCUT2D eigenvalue weighted by atomic mass is 9.56. The molecule has 3 aliphatic heterocycles. The lowest BCUT2D eigenvalue weighted by Gasteiger charge is -2.52. The van der Waals surface area contributed by atoms with Crippen LogP contribution in [-0.2, 0) is 14.9 Å². The van der Waals surface area contributed by atoms with Crippen molar-refractivity contribution < 1.29 is 9.53 Å². The lowest BCUT2D eigenvalue weighted by molar-refractivity contribution is -0.149. The number of methoxy groups -OCH3 is 1. The molecule has 4 nitrogen and oxygen atoms in total. The SMILES string of the molecule is COC(=O)[C@H]1C[C@H]2CCCN3CC[C@]4(c5ccccc5N[C@H]14)[C@@H]23. The minimum absolute atomic E-state index is 0.0216. The van der Waals surface area contributed by atoms with Gasteiger partial charge >= 0.3 is 5.97 Å². The number of carbonyl (C=O) groups is 1. The highest BCUT2D eigenvalue weighted by Gasteiger charge is 2.65. The molecule has 4 heteroatoms. The summed E-state index contributed by atoms with van der Waals surface area (Å²) in [6.07, 6.45) is 4.66. The standard InChI is InChI=1S/C19H24N2O2/c1-23-18(22)13-11-12-5-4-9-21-10-8-19(17(12)21)14-6-2-3-7-15(14)20-16(13)19/h2-3,6-7,12-13,16-17,20H,4-5,8-11H2,1H3/t12-,13+,16-,17-,19-/m1/s1. The smallest absolute Gasteiger partial charge is 0.310 e. The van der Waals surface area contributed by atoms with E-state index in [9.17, 15) is 4.79 Å². The van der Waals surface area contributed by atoms with E-state index in [1.165, 1.54) is 44.3 Å². The molecule has 4 aliphatic rings. The molecule has 5 rings (SSSR count). The average molecular weight is 312 g/mol. The van der Waals surface area contributed by atoms with Gasteiger partial charge in [0.15, 0.2) is 0 Å². The van der Waals surface area contributed by atoms with Gasteiger partial charge in [-0.15, -0.1) is 0 Å². The summed E-state index contributed by atoms with van der Waals surface area (Å²) in [6.45, 7) is 2.39. The van der Waals surface area contributed by atoms with E-state index in [-0.39, 0.29) is 23.3 Å². The molecule has 23 heavy (non-hydrogen) atoms. The van der Waals surface area contributed by atoms with Crippen LogP contribution in [-0.4, -0.2) is 43.2 Å². The van der Waals surface area contributed by atoms with Gasteiger partial charge in [0.25, 0.3) is 0 Å². The Kier molecular flexibility index (Phi) is 2.85. The number of anilines is 1. The highest BCUT2D eigenvalue weighted by atomic mass is 16.5. The number of hydrogen-bond donors (Lipinski definition) is 1. The second-order valence-corrected chi connectivity index (χ2v) is 7.71. The molecule has 0 amide bonds. The van der Waals surface area contributed by atoms with Crippen LogP contribution in [0.15, 0.2) is 24.3 Å². The number of piperidine rings is 1. The third-order valence-corrected chi connectivity index (χ3v) is 6.96. The van der Waals surface area contributed by atoms with E-state index in [1.54, 1.807) is 0 Å². The van der Waals surface area contributed by atoms with Crippen LogP contribution in [0.1, 0.15) is 31.2 Å². The number of hydrogen-bond acceptors (Lipinski definition) is 4. The van der Waals surface area contributed by atoms with Crippen LogP contribution in [0.4, 0.5) is 5.69 Å². The van der Waals surface area contributed by atoms with Gasteiger partial charge in [-0.3, -0.25) is 9.69 Å². The summed E-state index contributed by atoms with van der Waals surface area (Å²) in [4.78, 5) is 15.2. The molecule has 3 fully saturated rings. The van der Waals surface area contributed by atoms with Crippen LogP contribution in [0, 0.1) is 11.8 Å². The number of ether oxygens (including phenoxy) is 1. The van der Waals surface area contributed by atoms with Crippen molar-refractivity contribution in [2.45, 2.75) is 43.2 Å². The minimum atomic E-state index is -0.0304. The van der Waals surface area contributed by atoms with Crippen LogP contribution in [0.25, 0.3) is 0 Å². The quantitative estimate of drug-likeness (QED) is 0.809. The summed E-state index contributed by atoms with van der Waals surface area (Å²) < 4.78 is 5.19. The first kappa shape index (κ1) is 13.8. The van der Waals surface area contributed by atoms with Crippen LogP contribution in [0.2, 0.25) is 0 Å². The summed E-state index contributed by atoms with van der Waals surface area (Å²) in [7, 11) is 1.53. The minimum Gasteiger partial charge on any atom is -0.469 e. The second kappa shape index (κ2) is 4.73. The number of fused-ring (bicyclic) bond motifs is 1. The normalized spacial score (nSPS) is 40.7. The second-order valence-electron chi connectivity index (χ2n) is 7.71. The van der Waals surface area contributed by atoms with E-state index in [0.29, 0.717) is 12.0 Å². The highest BCUT2D eigenvalue weighted by molar-refractivity contribution is 5.77. The molecule has 0 bridgehead atoms. The molecule has 3 heterocycles. The van der Waals surface area contributed by atoms with Crippen molar-refractivity contribution in [3.05, 3.63) is 29.8 Å². The van der Waals surface area contributed by atoms with Crippen molar-refractivity contribution in [1.29, 1.82) is 0 Å². The Bertz CT molecular complexity index is 661. The van der Waals surface area contributed by atoms with E-state index < -0.39 is 0 Å². The molecule has 0 aromatic heterocycles. The van der Waals surface area contributed by atoms with Gasteiger partial charge in [0.1, 0.15) is 0 Å². The van der Waals surface area contributed by atoms with Gasteiger partial charge in [-0.05, 0) is 56.3 Å². The topological polar surface area (TPSA) is 41.6 Å². The average Bonchev–Trinajstić information content (AvgIpc) is 3.14. The molecule has 1 aliphatic carbocycles. The van der Waals surface area contributed by atoms with Crippen LogP contribution in [0.5, 0.6) is 0 Å². The fraction of sp³-hybridized carbons (Fsp3) is 0.632. The zero-order valence-corrected chi connectivity index (χ0v) is 13.6. The van der Waals surface area contributed by atoms with Crippen molar-refractivity contribution in [3.8, 4) is 0 Å². The number of nitrogens with zero attached hydrogens (tertiary/aromatic N) is 1. The molecular weight excluding hydrogens is 288 g/mol. The van der Waals surface area contributed by atoms with Gasteiger partial charge in [0, 0.05) is 17.1 Å². The molecule has 1 saturated carbocycles. The predicted octanol–water partition coefficient (Wildman–Crippen LogP) is 2.40. The molecular formula is C19H24N2O2. The monoisotopic (exact) mass is 312 g/mol. The van der Waals surface area contributed by atoms with Crippen molar-refractivity contribution >= 4 is 11.7 Å². The fourth-order valence-electron chi connectivity index (χ4n) is 6.29. The Morgan fingerprint density at radius 2 is 2.22 bits per heavy atom. The first-order valence-electron chi connectivity index (χ1n) is 8.93.